The highest BCUT2D eigenvalue weighted by molar-refractivity contribution is 5.95. The summed E-state index contributed by atoms with van der Waals surface area (Å²) in [7, 11) is 1.46. The zero-order chi connectivity index (χ0) is 26.9. The molecule has 2 heterocycles. The normalized spacial score (nSPS) is 24.1. The Hall–Kier alpha value is -3.57. The van der Waals surface area contributed by atoms with E-state index in [2.05, 4.69) is 5.10 Å². The fourth-order valence-electron chi connectivity index (χ4n) is 4.63. The Labute approximate surface area is 210 Å². The van der Waals surface area contributed by atoms with E-state index >= 15 is 0 Å². The van der Waals surface area contributed by atoms with Gasteiger partial charge in [-0.15, -0.1) is 0 Å². The molecular formula is C25H26F5N3O4. The number of carboxylic acid groups (broad SMARTS) is 1. The van der Waals surface area contributed by atoms with E-state index < -0.39 is 54.3 Å². The Morgan fingerprint density at radius 3 is 2.43 bits per heavy atom. The summed E-state index contributed by atoms with van der Waals surface area (Å²) in [6, 6.07) is 9.08. The van der Waals surface area contributed by atoms with Crippen LogP contribution in [0.3, 0.4) is 0 Å². The second-order valence-electron chi connectivity index (χ2n) is 9.00. The van der Waals surface area contributed by atoms with Crippen molar-refractivity contribution in [2.24, 2.45) is 11.0 Å². The molecule has 0 bridgehead atoms. The van der Waals surface area contributed by atoms with Gasteiger partial charge in [0.15, 0.2) is 6.17 Å². The zero-order valence-electron chi connectivity index (χ0n) is 20.1. The van der Waals surface area contributed by atoms with Gasteiger partial charge in [-0.25, -0.2) is 8.78 Å². The Bertz CT molecular complexity index is 1160. The van der Waals surface area contributed by atoms with Gasteiger partial charge in [0.1, 0.15) is 29.1 Å². The van der Waals surface area contributed by atoms with Crippen molar-refractivity contribution in [2.75, 3.05) is 30.1 Å². The molecule has 2 unspecified atom stereocenters. The number of aliphatic carboxylic acids is 1. The van der Waals surface area contributed by atoms with E-state index in [4.69, 9.17) is 9.47 Å². The third kappa shape index (κ3) is 5.72. The van der Waals surface area contributed by atoms with Gasteiger partial charge in [-0.05, 0) is 36.4 Å². The lowest BCUT2D eigenvalue weighted by molar-refractivity contribution is -0.137. The maximum atomic E-state index is 15.0. The Balaban J connectivity index is 1.44. The first kappa shape index (κ1) is 26.5. The lowest BCUT2D eigenvalue weighted by Gasteiger charge is -2.36. The molecule has 1 fully saturated rings. The first-order chi connectivity index (χ1) is 17.5. The Kier molecular flexibility index (Phi) is 7.47. The van der Waals surface area contributed by atoms with E-state index in [1.165, 1.54) is 56.5 Å². The minimum atomic E-state index is -4.69. The number of halogens is 5. The highest BCUT2D eigenvalue weighted by atomic mass is 19.4. The largest absolute Gasteiger partial charge is 0.497 e. The Morgan fingerprint density at radius 1 is 1.16 bits per heavy atom. The van der Waals surface area contributed by atoms with Gasteiger partial charge in [0.2, 0.25) is 0 Å². The molecule has 2 aliphatic heterocycles. The number of hydrogen-bond acceptors (Lipinski definition) is 6. The van der Waals surface area contributed by atoms with E-state index in [-0.39, 0.29) is 24.3 Å². The van der Waals surface area contributed by atoms with Crippen LogP contribution in [0.25, 0.3) is 0 Å². The predicted molar refractivity (Wildman–Crippen MR) is 127 cm³/mol. The molecule has 200 valence electrons. The number of carboxylic acids is 1. The number of hydrazone groups is 1. The van der Waals surface area contributed by atoms with Crippen molar-refractivity contribution in [3.8, 4) is 11.5 Å². The number of carbonyl (C=O) groups is 1. The first-order valence-corrected chi connectivity index (χ1v) is 11.6. The van der Waals surface area contributed by atoms with Crippen LogP contribution in [0.1, 0.15) is 19.8 Å². The molecule has 37 heavy (non-hydrogen) atoms. The molecule has 0 aliphatic carbocycles. The van der Waals surface area contributed by atoms with Crippen molar-refractivity contribution in [1.82, 2.24) is 0 Å². The molecule has 1 N–H and O–H groups in total. The van der Waals surface area contributed by atoms with Crippen LogP contribution >= 0.6 is 0 Å². The second kappa shape index (κ2) is 10.4. The molecule has 2 aliphatic rings. The molecule has 0 saturated carbocycles. The standard InChI is InChI=1S/C25H26F5N3O4/c1-14-20(12-23(34)35)33(31-24(14)25(28,29)30)15-3-5-16(6-4-15)37-22-9-10-32(13-19(22)27)21-11-17(36-2)7-8-18(21)26/h3-8,11,14,19-20,22H,9-10,12-13H2,1-2H3,(H,34,35)/t14-,19?,20-,22?/m0/s1. The lowest BCUT2D eigenvalue weighted by atomic mass is 9.94. The number of benzene rings is 2. The summed E-state index contributed by atoms with van der Waals surface area (Å²) < 4.78 is 80.3. The molecule has 0 amide bonds. The average Bonchev–Trinajstić information content (AvgIpc) is 3.17. The van der Waals surface area contributed by atoms with Gasteiger partial charge in [0.05, 0.1) is 37.5 Å². The van der Waals surface area contributed by atoms with Crippen molar-refractivity contribution in [3.63, 3.8) is 0 Å². The minimum absolute atomic E-state index is 0.0930. The predicted octanol–water partition coefficient (Wildman–Crippen LogP) is 5.05. The lowest BCUT2D eigenvalue weighted by Crippen LogP contribution is -2.47. The van der Waals surface area contributed by atoms with Gasteiger partial charge >= 0.3 is 12.1 Å². The monoisotopic (exact) mass is 527 g/mol. The molecule has 4 rings (SSSR count). The van der Waals surface area contributed by atoms with Gasteiger partial charge < -0.3 is 19.5 Å². The fourth-order valence-corrected chi connectivity index (χ4v) is 4.63. The summed E-state index contributed by atoms with van der Waals surface area (Å²) in [5.41, 5.74) is -0.553. The summed E-state index contributed by atoms with van der Waals surface area (Å²) in [5, 5.41) is 13.9. The van der Waals surface area contributed by atoms with Crippen LogP contribution in [0.4, 0.5) is 33.3 Å². The Morgan fingerprint density at radius 2 is 1.84 bits per heavy atom. The highest BCUT2D eigenvalue weighted by Gasteiger charge is 2.48. The van der Waals surface area contributed by atoms with Crippen molar-refractivity contribution >= 4 is 23.1 Å². The molecule has 0 aromatic heterocycles. The quantitative estimate of drug-likeness (QED) is 0.509. The van der Waals surface area contributed by atoms with E-state index in [0.29, 0.717) is 18.0 Å². The van der Waals surface area contributed by atoms with E-state index in [1.54, 1.807) is 4.90 Å². The summed E-state index contributed by atoms with van der Waals surface area (Å²) in [6.45, 7) is 1.54. The van der Waals surface area contributed by atoms with Crippen LogP contribution in [-0.2, 0) is 4.79 Å². The number of hydrogen-bond donors (Lipinski definition) is 1. The van der Waals surface area contributed by atoms with Crippen molar-refractivity contribution in [2.45, 2.75) is 44.3 Å². The minimum Gasteiger partial charge on any atom is -0.497 e. The molecule has 0 radical (unpaired) electrons. The second-order valence-corrected chi connectivity index (χ2v) is 9.00. The number of methoxy groups -OCH3 is 1. The summed E-state index contributed by atoms with van der Waals surface area (Å²) >= 11 is 0. The van der Waals surface area contributed by atoms with E-state index in [9.17, 15) is 31.9 Å². The molecule has 2 aromatic carbocycles. The van der Waals surface area contributed by atoms with Gasteiger partial charge in [-0.3, -0.25) is 9.80 Å². The topological polar surface area (TPSA) is 74.6 Å². The zero-order valence-corrected chi connectivity index (χ0v) is 20.1. The third-order valence-corrected chi connectivity index (χ3v) is 6.58. The number of anilines is 2. The first-order valence-electron chi connectivity index (χ1n) is 11.6. The van der Waals surface area contributed by atoms with Crippen LogP contribution in [0.15, 0.2) is 47.6 Å². The smallest absolute Gasteiger partial charge is 0.431 e. The highest BCUT2D eigenvalue weighted by Crippen LogP contribution is 2.37. The SMILES string of the molecule is COc1ccc(F)c(N2CCC(Oc3ccc(N4N=C(C(F)(F)F)[C@@H](C)[C@@H]4CC(=O)O)cc3)C(F)C2)c1. The fraction of sp³-hybridized carbons (Fsp3) is 0.440. The molecule has 12 heteroatoms. The van der Waals surface area contributed by atoms with Crippen LogP contribution in [0.5, 0.6) is 11.5 Å². The molecule has 2 aromatic rings. The maximum absolute atomic E-state index is 15.0. The maximum Gasteiger partial charge on any atom is 0.431 e. The van der Waals surface area contributed by atoms with Crippen LogP contribution in [0, 0.1) is 11.7 Å². The van der Waals surface area contributed by atoms with E-state index in [0.717, 1.165) is 5.01 Å². The van der Waals surface area contributed by atoms with Gasteiger partial charge in [0, 0.05) is 24.9 Å². The van der Waals surface area contributed by atoms with Crippen molar-refractivity contribution in [1.29, 1.82) is 0 Å². The van der Waals surface area contributed by atoms with Gasteiger partial charge in [-0.1, -0.05) is 6.92 Å². The average molecular weight is 527 g/mol. The summed E-state index contributed by atoms with van der Waals surface area (Å²) in [6.07, 6.45) is -7.19. The van der Waals surface area contributed by atoms with Gasteiger partial charge in [-0.2, -0.15) is 18.3 Å². The molecule has 4 atom stereocenters. The van der Waals surface area contributed by atoms with Crippen molar-refractivity contribution < 1.29 is 41.3 Å². The van der Waals surface area contributed by atoms with Crippen molar-refractivity contribution in [3.05, 3.63) is 48.3 Å². The molecule has 0 spiro atoms. The number of ether oxygens (including phenoxy) is 2. The number of nitrogens with zero attached hydrogens (tertiary/aromatic N) is 3. The molecule has 1 saturated heterocycles. The molecule has 7 nitrogen and oxygen atoms in total. The number of rotatable bonds is 7. The summed E-state index contributed by atoms with van der Waals surface area (Å²) in [5.74, 6) is -2.13. The molecular weight excluding hydrogens is 501 g/mol. The van der Waals surface area contributed by atoms with Crippen LogP contribution in [-0.4, -0.2) is 61.5 Å². The number of alkyl halides is 4. The third-order valence-electron chi connectivity index (χ3n) is 6.58. The number of piperidine rings is 1. The van der Waals surface area contributed by atoms with Crippen LogP contribution < -0.4 is 19.4 Å². The van der Waals surface area contributed by atoms with Crippen LogP contribution in [0.2, 0.25) is 0 Å². The van der Waals surface area contributed by atoms with Gasteiger partial charge in [0.25, 0.3) is 0 Å². The van der Waals surface area contributed by atoms with E-state index in [1.807, 2.05) is 0 Å². The summed E-state index contributed by atoms with van der Waals surface area (Å²) in [4.78, 5) is 12.8.